The van der Waals surface area contributed by atoms with Gasteiger partial charge in [0.05, 0.1) is 0 Å². The van der Waals surface area contributed by atoms with Crippen molar-refractivity contribution in [2.24, 2.45) is 5.41 Å². The molecule has 1 aliphatic carbocycles. The van der Waals surface area contributed by atoms with E-state index in [1.807, 2.05) is 6.92 Å². The molecule has 1 aliphatic rings. The number of halogens is 1. The van der Waals surface area contributed by atoms with Crippen molar-refractivity contribution >= 4 is 23.3 Å². The molecule has 0 spiro atoms. The predicted octanol–water partition coefficient (Wildman–Crippen LogP) is 3.48. The largest absolute Gasteiger partial charge is 0.370 e. The van der Waals surface area contributed by atoms with E-state index in [4.69, 9.17) is 11.6 Å². The number of carbonyl (C=O) groups excluding carboxylic acids is 1. The number of nitrogens with zero attached hydrogens (tertiary/aromatic N) is 1. The molecule has 0 radical (unpaired) electrons. The smallest absolute Gasteiger partial charge is 0.251 e. The summed E-state index contributed by atoms with van der Waals surface area (Å²) >= 11 is 5.97. The SMILES string of the molecule is CCNc1cc(C(=O)NC2CCCC2(C)C)cc(Cl)n1. The van der Waals surface area contributed by atoms with Crippen LogP contribution < -0.4 is 10.6 Å². The van der Waals surface area contributed by atoms with Gasteiger partial charge >= 0.3 is 0 Å². The van der Waals surface area contributed by atoms with Crippen LogP contribution in [0.15, 0.2) is 12.1 Å². The second-order valence-corrected chi connectivity index (χ2v) is 6.39. The Labute approximate surface area is 125 Å². The van der Waals surface area contributed by atoms with Crippen molar-refractivity contribution in [2.75, 3.05) is 11.9 Å². The highest BCUT2D eigenvalue weighted by Crippen LogP contribution is 2.37. The highest BCUT2D eigenvalue weighted by Gasteiger charge is 2.35. The van der Waals surface area contributed by atoms with Crippen molar-refractivity contribution in [3.63, 3.8) is 0 Å². The Balaban J connectivity index is 2.13. The first-order valence-corrected chi connectivity index (χ1v) is 7.52. The molecule has 5 heteroatoms. The van der Waals surface area contributed by atoms with E-state index in [9.17, 15) is 4.79 Å². The van der Waals surface area contributed by atoms with Gasteiger partial charge in [-0.1, -0.05) is 31.9 Å². The lowest BCUT2D eigenvalue weighted by atomic mass is 9.87. The zero-order valence-corrected chi connectivity index (χ0v) is 13.0. The Kier molecular flexibility index (Phi) is 4.53. The Morgan fingerprint density at radius 3 is 2.85 bits per heavy atom. The molecule has 0 aromatic carbocycles. The summed E-state index contributed by atoms with van der Waals surface area (Å²) in [5.41, 5.74) is 0.723. The summed E-state index contributed by atoms with van der Waals surface area (Å²) in [6.07, 6.45) is 3.35. The van der Waals surface area contributed by atoms with E-state index in [1.165, 1.54) is 0 Å². The second kappa shape index (κ2) is 6.00. The van der Waals surface area contributed by atoms with E-state index in [0.717, 1.165) is 25.8 Å². The van der Waals surface area contributed by atoms with Gasteiger partial charge in [0.2, 0.25) is 0 Å². The Morgan fingerprint density at radius 1 is 1.50 bits per heavy atom. The first-order valence-electron chi connectivity index (χ1n) is 7.14. The maximum atomic E-state index is 12.4. The van der Waals surface area contributed by atoms with Crippen LogP contribution in [0.1, 0.15) is 50.4 Å². The number of nitrogens with one attached hydrogen (secondary N) is 2. The zero-order valence-electron chi connectivity index (χ0n) is 12.3. The topological polar surface area (TPSA) is 54.0 Å². The molecular formula is C15H22ClN3O. The van der Waals surface area contributed by atoms with Crippen LogP contribution in [0.4, 0.5) is 5.82 Å². The van der Waals surface area contributed by atoms with Crippen molar-refractivity contribution in [1.82, 2.24) is 10.3 Å². The van der Waals surface area contributed by atoms with Crippen LogP contribution in [0.5, 0.6) is 0 Å². The third-order valence-electron chi connectivity index (χ3n) is 3.98. The average molecular weight is 296 g/mol. The average Bonchev–Trinajstić information content (AvgIpc) is 2.68. The van der Waals surface area contributed by atoms with Gasteiger partial charge in [-0.15, -0.1) is 0 Å². The van der Waals surface area contributed by atoms with Crippen LogP contribution >= 0.6 is 11.6 Å². The van der Waals surface area contributed by atoms with Gasteiger partial charge in [0.1, 0.15) is 11.0 Å². The van der Waals surface area contributed by atoms with E-state index in [0.29, 0.717) is 16.5 Å². The lowest BCUT2D eigenvalue weighted by molar-refractivity contribution is 0.0910. The molecule has 1 unspecified atom stereocenters. The summed E-state index contributed by atoms with van der Waals surface area (Å²) in [6, 6.07) is 3.58. The molecule has 2 N–H and O–H groups in total. The Bertz CT molecular complexity index is 502. The number of aromatic nitrogens is 1. The van der Waals surface area contributed by atoms with Gasteiger partial charge in [-0.25, -0.2) is 4.98 Å². The number of hydrogen-bond donors (Lipinski definition) is 2. The van der Waals surface area contributed by atoms with E-state index in [2.05, 4.69) is 29.5 Å². The number of anilines is 1. The molecule has 1 amide bonds. The molecule has 2 rings (SSSR count). The minimum absolute atomic E-state index is 0.0755. The summed E-state index contributed by atoms with van der Waals surface area (Å²) < 4.78 is 0. The van der Waals surface area contributed by atoms with Crippen LogP contribution in [0.25, 0.3) is 0 Å². The summed E-state index contributed by atoms with van der Waals surface area (Å²) in [6.45, 7) is 7.12. The number of carbonyl (C=O) groups is 1. The highest BCUT2D eigenvalue weighted by molar-refractivity contribution is 6.29. The van der Waals surface area contributed by atoms with E-state index in [-0.39, 0.29) is 17.4 Å². The number of amides is 1. The summed E-state index contributed by atoms with van der Waals surface area (Å²) in [5.74, 6) is 0.560. The van der Waals surface area contributed by atoms with Crippen molar-refractivity contribution in [3.8, 4) is 0 Å². The molecule has 1 fully saturated rings. The van der Waals surface area contributed by atoms with Gasteiger partial charge in [0.15, 0.2) is 0 Å². The fourth-order valence-corrected chi connectivity index (χ4v) is 2.94. The summed E-state index contributed by atoms with van der Waals surface area (Å²) in [4.78, 5) is 16.5. The monoisotopic (exact) mass is 295 g/mol. The first kappa shape index (κ1) is 15.1. The molecule has 20 heavy (non-hydrogen) atoms. The van der Waals surface area contributed by atoms with E-state index in [1.54, 1.807) is 12.1 Å². The van der Waals surface area contributed by atoms with Gasteiger partial charge in [0, 0.05) is 18.2 Å². The van der Waals surface area contributed by atoms with E-state index >= 15 is 0 Å². The molecule has 0 bridgehead atoms. The number of hydrogen-bond acceptors (Lipinski definition) is 3. The van der Waals surface area contributed by atoms with Gasteiger partial charge in [-0.2, -0.15) is 0 Å². The molecule has 110 valence electrons. The van der Waals surface area contributed by atoms with Gasteiger partial charge < -0.3 is 10.6 Å². The molecule has 1 saturated carbocycles. The maximum Gasteiger partial charge on any atom is 0.251 e. The lowest BCUT2D eigenvalue weighted by Crippen LogP contribution is -2.41. The molecule has 1 heterocycles. The third kappa shape index (κ3) is 3.42. The molecule has 1 aromatic rings. The molecule has 0 aliphatic heterocycles. The zero-order chi connectivity index (χ0) is 14.8. The molecular weight excluding hydrogens is 274 g/mol. The Hall–Kier alpha value is -1.29. The highest BCUT2D eigenvalue weighted by atomic mass is 35.5. The first-order chi connectivity index (χ1) is 9.42. The molecule has 1 aromatic heterocycles. The predicted molar refractivity (Wildman–Crippen MR) is 82.3 cm³/mol. The maximum absolute atomic E-state index is 12.4. The van der Waals surface area contributed by atoms with Crippen LogP contribution in [0.3, 0.4) is 0 Å². The minimum atomic E-state index is -0.0755. The fourth-order valence-electron chi connectivity index (χ4n) is 2.74. The minimum Gasteiger partial charge on any atom is -0.370 e. The van der Waals surface area contributed by atoms with Crippen LogP contribution in [0, 0.1) is 5.41 Å². The number of rotatable bonds is 4. The van der Waals surface area contributed by atoms with Crippen molar-refractivity contribution in [1.29, 1.82) is 0 Å². The molecule has 0 saturated heterocycles. The van der Waals surface area contributed by atoms with Crippen LogP contribution in [0.2, 0.25) is 5.15 Å². The lowest BCUT2D eigenvalue weighted by Gasteiger charge is -2.27. The van der Waals surface area contributed by atoms with Crippen molar-refractivity contribution < 1.29 is 4.79 Å². The van der Waals surface area contributed by atoms with Crippen LogP contribution in [-0.4, -0.2) is 23.5 Å². The van der Waals surface area contributed by atoms with E-state index < -0.39 is 0 Å². The quantitative estimate of drug-likeness (QED) is 0.836. The standard InChI is InChI=1S/C15H22ClN3O/c1-4-17-13-9-10(8-12(16)19-13)14(20)18-11-6-5-7-15(11,2)3/h8-9,11H,4-7H2,1-3H3,(H,17,19)(H,18,20). The van der Waals surface area contributed by atoms with Crippen molar-refractivity contribution in [3.05, 3.63) is 22.8 Å². The van der Waals surface area contributed by atoms with Gasteiger partial charge in [0.25, 0.3) is 5.91 Å². The van der Waals surface area contributed by atoms with Crippen molar-refractivity contribution in [2.45, 2.75) is 46.1 Å². The van der Waals surface area contributed by atoms with Gasteiger partial charge in [-0.05, 0) is 37.3 Å². The number of pyridine rings is 1. The fraction of sp³-hybridized carbons (Fsp3) is 0.600. The summed E-state index contributed by atoms with van der Waals surface area (Å²) in [7, 11) is 0. The van der Waals surface area contributed by atoms with Gasteiger partial charge in [-0.3, -0.25) is 4.79 Å². The normalized spacial score (nSPS) is 20.7. The van der Waals surface area contributed by atoms with Crippen LogP contribution in [-0.2, 0) is 0 Å². The molecule has 4 nitrogen and oxygen atoms in total. The third-order valence-corrected chi connectivity index (χ3v) is 4.17. The second-order valence-electron chi connectivity index (χ2n) is 6.00. The summed E-state index contributed by atoms with van der Waals surface area (Å²) in [5, 5.41) is 6.54. The Morgan fingerprint density at radius 2 is 2.25 bits per heavy atom. The molecule has 1 atom stereocenters.